The fraction of sp³-hybridized carbons (Fsp3) is 0.533. The van der Waals surface area contributed by atoms with Crippen LogP contribution in [0.4, 0.5) is 0 Å². The molecule has 19 heavy (non-hydrogen) atoms. The fourth-order valence-corrected chi connectivity index (χ4v) is 3.01. The Morgan fingerprint density at radius 2 is 2.11 bits per heavy atom. The van der Waals surface area contributed by atoms with E-state index in [2.05, 4.69) is 27.9 Å². The zero-order valence-corrected chi connectivity index (χ0v) is 13.2. The molecule has 0 bridgehead atoms. The number of hydrogen-bond donors (Lipinski definition) is 2. The third kappa shape index (κ3) is 3.84. The van der Waals surface area contributed by atoms with Gasteiger partial charge >= 0.3 is 0 Å². The molecular weight excluding hydrogens is 353 g/mol. The molecule has 1 aromatic carbocycles. The molecule has 104 valence electrons. The second kappa shape index (κ2) is 7.12. The number of hydrogen-bond acceptors (Lipinski definition) is 2. The summed E-state index contributed by atoms with van der Waals surface area (Å²) in [5, 5.41) is 13.2. The van der Waals surface area contributed by atoms with Crippen LogP contribution in [0.3, 0.4) is 0 Å². The highest BCUT2D eigenvalue weighted by molar-refractivity contribution is 14.1. The van der Waals surface area contributed by atoms with Crippen LogP contribution in [-0.4, -0.2) is 22.0 Å². The molecule has 1 fully saturated rings. The number of phenols is 1. The number of aromatic hydroxyl groups is 1. The summed E-state index contributed by atoms with van der Waals surface area (Å²) in [6.45, 7) is 0.683. The van der Waals surface area contributed by atoms with Gasteiger partial charge in [0.05, 0.1) is 6.42 Å². The van der Waals surface area contributed by atoms with Crippen molar-refractivity contribution >= 4 is 28.5 Å². The van der Waals surface area contributed by atoms with E-state index >= 15 is 0 Å². The molecule has 0 radical (unpaired) electrons. The van der Waals surface area contributed by atoms with Crippen LogP contribution in [0.15, 0.2) is 18.2 Å². The molecule has 1 aliphatic rings. The number of amides is 1. The number of rotatable bonds is 5. The molecule has 0 atom stereocenters. The maximum atomic E-state index is 11.7. The molecule has 1 aliphatic carbocycles. The Hall–Kier alpha value is -0.780. The maximum absolute atomic E-state index is 11.7. The van der Waals surface area contributed by atoms with Crippen molar-refractivity contribution in [2.24, 2.45) is 0 Å². The van der Waals surface area contributed by atoms with Crippen molar-refractivity contribution in [3.8, 4) is 5.75 Å². The van der Waals surface area contributed by atoms with E-state index in [4.69, 9.17) is 0 Å². The normalized spacial score (nSPS) is 15.6. The van der Waals surface area contributed by atoms with Crippen molar-refractivity contribution in [1.82, 2.24) is 5.32 Å². The van der Waals surface area contributed by atoms with Gasteiger partial charge in [0, 0.05) is 16.5 Å². The quantitative estimate of drug-likeness (QED) is 0.616. The minimum absolute atomic E-state index is 0.0180. The van der Waals surface area contributed by atoms with Crippen LogP contribution in [0, 0.1) is 0 Å². The first-order valence-electron chi connectivity index (χ1n) is 6.85. The third-order valence-corrected chi connectivity index (χ3v) is 4.25. The molecule has 4 heteroatoms. The Morgan fingerprint density at radius 3 is 2.79 bits per heavy atom. The predicted molar refractivity (Wildman–Crippen MR) is 84.9 cm³/mol. The van der Waals surface area contributed by atoms with E-state index in [-0.39, 0.29) is 12.3 Å². The number of carbonyl (C=O) groups excluding carboxylic acids is 1. The molecule has 1 amide bonds. The molecule has 0 spiro atoms. The van der Waals surface area contributed by atoms with E-state index in [9.17, 15) is 9.90 Å². The Bertz CT molecular complexity index is 442. The Morgan fingerprint density at radius 1 is 1.37 bits per heavy atom. The zero-order chi connectivity index (χ0) is 13.7. The maximum Gasteiger partial charge on any atom is 0.224 e. The van der Waals surface area contributed by atoms with Crippen molar-refractivity contribution in [1.29, 1.82) is 0 Å². The Kier molecular flexibility index (Phi) is 5.48. The topological polar surface area (TPSA) is 49.3 Å². The van der Waals surface area contributed by atoms with Crippen molar-refractivity contribution in [3.63, 3.8) is 0 Å². The summed E-state index contributed by atoms with van der Waals surface area (Å²) in [4.78, 5) is 11.7. The van der Waals surface area contributed by atoms with Gasteiger partial charge in [-0.3, -0.25) is 4.79 Å². The van der Waals surface area contributed by atoms with Crippen molar-refractivity contribution in [2.75, 3.05) is 11.0 Å². The number of nitrogens with one attached hydrogen (secondary N) is 1. The molecule has 0 aliphatic heterocycles. The molecule has 0 unspecified atom stereocenters. The number of carbonyl (C=O) groups is 1. The van der Waals surface area contributed by atoms with E-state index < -0.39 is 0 Å². The molecule has 0 aromatic heterocycles. The van der Waals surface area contributed by atoms with Gasteiger partial charge in [-0.25, -0.2) is 0 Å². The van der Waals surface area contributed by atoms with E-state index in [1.807, 2.05) is 18.2 Å². The highest BCUT2D eigenvalue weighted by Crippen LogP contribution is 2.39. The summed E-state index contributed by atoms with van der Waals surface area (Å²) in [6, 6.07) is 5.79. The van der Waals surface area contributed by atoms with E-state index in [0.29, 0.717) is 18.2 Å². The SMILES string of the molecule is O=C(Cc1cccc(C2CCCC2)c1O)NCCI. The summed E-state index contributed by atoms with van der Waals surface area (Å²) in [6.07, 6.45) is 5.05. The lowest BCUT2D eigenvalue weighted by Crippen LogP contribution is -2.26. The molecule has 1 aromatic rings. The number of phenolic OH excluding ortho intramolecular Hbond substituents is 1. The minimum atomic E-state index is -0.0180. The zero-order valence-electron chi connectivity index (χ0n) is 11.0. The van der Waals surface area contributed by atoms with Gasteiger partial charge < -0.3 is 10.4 Å². The van der Waals surface area contributed by atoms with Crippen LogP contribution in [0.1, 0.15) is 42.7 Å². The smallest absolute Gasteiger partial charge is 0.224 e. The van der Waals surface area contributed by atoms with Crippen LogP contribution in [0.2, 0.25) is 0 Å². The van der Waals surface area contributed by atoms with Gasteiger partial charge in [-0.05, 0) is 24.3 Å². The molecule has 0 saturated heterocycles. The van der Waals surface area contributed by atoms with Crippen LogP contribution >= 0.6 is 22.6 Å². The van der Waals surface area contributed by atoms with Crippen LogP contribution < -0.4 is 5.32 Å². The van der Waals surface area contributed by atoms with Crippen LogP contribution in [-0.2, 0) is 11.2 Å². The summed E-state index contributed by atoms with van der Waals surface area (Å²) >= 11 is 2.23. The summed E-state index contributed by atoms with van der Waals surface area (Å²) in [5.41, 5.74) is 1.77. The lowest BCUT2D eigenvalue weighted by Gasteiger charge is -2.14. The van der Waals surface area contributed by atoms with Crippen molar-refractivity contribution in [2.45, 2.75) is 38.0 Å². The molecule has 3 nitrogen and oxygen atoms in total. The molecular formula is C15H20INO2. The predicted octanol–water partition coefficient (Wildman–Crippen LogP) is 3.14. The first-order chi connectivity index (χ1) is 9.22. The summed E-state index contributed by atoms with van der Waals surface area (Å²) < 4.78 is 0.900. The number of alkyl halides is 1. The van der Waals surface area contributed by atoms with E-state index in [1.165, 1.54) is 12.8 Å². The van der Waals surface area contributed by atoms with Crippen molar-refractivity contribution in [3.05, 3.63) is 29.3 Å². The average Bonchev–Trinajstić information content (AvgIpc) is 2.92. The first kappa shape index (κ1) is 14.6. The summed E-state index contributed by atoms with van der Waals surface area (Å²) in [7, 11) is 0. The number of halogens is 1. The highest BCUT2D eigenvalue weighted by atomic mass is 127. The first-order valence-corrected chi connectivity index (χ1v) is 8.38. The second-order valence-corrected chi connectivity index (χ2v) is 6.13. The fourth-order valence-electron chi connectivity index (χ4n) is 2.74. The van der Waals surface area contributed by atoms with Gasteiger partial charge in [-0.1, -0.05) is 53.6 Å². The molecule has 2 N–H and O–H groups in total. The standard InChI is InChI=1S/C15H20INO2/c16-8-9-17-14(18)10-12-6-3-7-13(15(12)19)11-4-1-2-5-11/h3,6-7,11,19H,1-2,4-5,8-10H2,(H,17,18). The van der Waals surface area contributed by atoms with Gasteiger partial charge in [0.1, 0.15) is 5.75 Å². The lowest BCUT2D eigenvalue weighted by molar-refractivity contribution is -0.120. The van der Waals surface area contributed by atoms with Crippen LogP contribution in [0.5, 0.6) is 5.75 Å². The minimum Gasteiger partial charge on any atom is -0.507 e. The van der Waals surface area contributed by atoms with Gasteiger partial charge in [0.25, 0.3) is 0 Å². The Balaban J connectivity index is 2.08. The molecule has 2 rings (SSSR count). The second-order valence-electron chi connectivity index (χ2n) is 5.05. The average molecular weight is 373 g/mol. The molecule has 0 heterocycles. The largest absolute Gasteiger partial charge is 0.507 e. The Labute approximate surface area is 127 Å². The van der Waals surface area contributed by atoms with Gasteiger partial charge in [-0.2, -0.15) is 0 Å². The van der Waals surface area contributed by atoms with Gasteiger partial charge in [0.2, 0.25) is 5.91 Å². The lowest BCUT2D eigenvalue weighted by atomic mass is 9.94. The van der Waals surface area contributed by atoms with Crippen LogP contribution in [0.25, 0.3) is 0 Å². The monoisotopic (exact) mass is 373 g/mol. The van der Waals surface area contributed by atoms with Gasteiger partial charge in [-0.15, -0.1) is 0 Å². The summed E-state index contributed by atoms with van der Waals surface area (Å²) in [5.74, 6) is 0.784. The highest BCUT2D eigenvalue weighted by Gasteiger charge is 2.21. The third-order valence-electron chi connectivity index (χ3n) is 3.71. The van der Waals surface area contributed by atoms with Crippen molar-refractivity contribution < 1.29 is 9.90 Å². The number of benzene rings is 1. The van der Waals surface area contributed by atoms with Gasteiger partial charge in [0.15, 0.2) is 0 Å². The molecule has 1 saturated carbocycles. The number of para-hydroxylation sites is 1. The van der Waals surface area contributed by atoms with E-state index in [0.717, 1.165) is 28.4 Å². The van der Waals surface area contributed by atoms with E-state index in [1.54, 1.807) is 0 Å².